The number of carbonyl (C=O) groups excluding carboxylic acids is 2. The van der Waals surface area contributed by atoms with Crippen molar-refractivity contribution in [2.24, 2.45) is 5.73 Å². The molecule has 3 rings (SSSR count). The number of amides is 2. The highest BCUT2D eigenvalue weighted by Gasteiger charge is 2.15. The molecule has 2 aromatic carbocycles. The molecule has 0 aliphatic rings. The predicted molar refractivity (Wildman–Crippen MR) is 95.6 cm³/mol. The van der Waals surface area contributed by atoms with Crippen molar-refractivity contribution in [3.8, 4) is 5.75 Å². The number of thiophene rings is 1. The van der Waals surface area contributed by atoms with Gasteiger partial charge in [-0.1, -0.05) is 18.2 Å². The van der Waals surface area contributed by atoms with E-state index in [2.05, 4.69) is 5.32 Å². The highest BCUT2D eigenvalue weighted by Crippen LogP contribution is 2.31. The van der Waals surface area contributed by atoms with Crippen molar-refractivity contribution in [1.82, 2.24) is 0 Å². The molecule has 1 aromatic heterocycles. The van der Waals surface area contributed by atoms with Crippen LogP contribution in [-0.4, -0.2) is 18.4 Å². The summed E-state index contributed by atoms with van der Waals surface area (Å²) in [5, 5.41) is 3.98. The standard InChI is InChI=1S/C18H16N2O3S/c1-11-14-4-2-3-5-15(14)24-17(11)18(22)20-12-6-8-13(9-7-12)23-10-16(19)21/h2-9H,10H2,1H3,(H2,19,21)(H,20,22). The fourth-order valence-corrected chi connectivity index (χ4v) is 3.47. The van der Waals surface area contributed by atoms with Crippen LogP contribution in [0.25, 0.3) is 10.1 Å². The number of ether oxygens (including phenoxy) is 1. The van der Waals surface area contributed by atoms with Crippen molar-refractivity contribution in [3.05, 3.63) is 59.0 Å². The molecule has 0 saturated heterocycles. The van der Waals surface area contributed by atoms with E-state index in [1.54, 1.807) is 24.3 Å². The van der Waals surface area contributed by atoms with E-state index in [4.69, 9.17) is 10.5 Å². The number of nitrogens with one attached hydrogen (secondary N) is 1. The maximum absolute atomic E-state index is 12.5. The summed E-state index contributed by atoms with van der Waals surface area (Å²) in [4.78, 5) is 23.9. The fourth-order valence-electron chi connectivity index (χ4n) is 2.37. The first kappa shape index (κ1) is 16.0. The Kier molecular flexibility index (Phi) is 4.48. The van der Waals surface area contributed by atoms with Crippen LogP contribution >= 0.6 is 11.3 Å². The summed E-state index contributed by atoms with van der Waals surface area (Å²) < 4.78 is 6.28. The normalized spacial score (nSPS) is 10.5. The Morgan fingerprint density at radius 1 is 1.12 bits per heavy atom. The Morgan fingerprint density at radius 3 is 2.50 bits per heavy atom. The monoisotopic (exact) mass is 340 g/mol. The van der Waals surface area contributed by atoms with Crippen LogP contribution in [0.4, 0.5) is 5.69 Å². The second kappa shape index (κ2) is 6.72. The minimum Gasteiger partial charge on any atom is -0.484 e. The van der Waals surface area contributed by atoms with Gasteiger partial charge in [-0.3, -0.25) is 9.59 Å². The van der Waals surface area contributed by atoms with E-state index in [-0.39, 0.29) is 12.5 Å². The van der Waals surface area contributed by atoms with Gasteiger partial charge in [0, 0.05) is 10.4 Å². The second-order valence-corrected chi connectivity index (χ2v) is 6.34. The van der Waals surface area contributed by atoms with Crippen molar-refractivity contribution in [2.75, 3.05) is 11.9 Å². The van der Waals surface area contributed by atoms with Gasteiger partial charge in [-0.2, -0.15) is 0 Å². The van der Waals surface area contributed by atoms with Crippen LogP contribution in [0.1, 0.15) is 15.2 Å². The molecule has 1 heterocycles. The quantitative estimate of drug-likeness (QED) is 0.747. The van der Waals surface area contributed by atoms with Crippen molar-refractivity contribution < 1.29 is 14.3 Å². The van der Waals surface area contributed by atoms with E-state index in [1.807, 2.05) is 31.2 Å². The zero-order valence-corrected chi connectivity index (χ0v) is 13.9. The van der Waals surface area contributed by atoms with Gasteiger partial charge < -0.3 is 15.8 Å². The lowest BCUT2D eigenvalue weighted by molar-refractivity contribution is -0.119. The molecule has 2 amide bonds. The van der Waals surface area contributed by atoms with Gasteiger partial charge in [0.05, 0.1) is 4.88 Å². The molecule has 0 spiro atoms. The zero-order valence-electron chi connectivity index (χ0n) is 13.0. The highest BCUT2D eigenvalue weighted by molar-refractivity contribution is 7.21. The summed E-state index contributed by atoms with van der Waals surface area (Å²) in [6.45, 7) is 1.78. The van der Waals surface area contributed by atoms with Gasteiger partial charge in [-0.25, -0.2) is 0 Å². The van der Waals surface area contributed by atoms with Crippen LogP contribution in [0.3, 0.4) is 0 Å². The molecule has 0 aliphatic carbocycles. The molecular weight excluding hydrogens is 324 g/mol. The lowest BCUT2D eigenvalue weighted by atomic mass is 10.1. The number of primary amides is 1. The zero-order chi connectivity index (χ0) is 17.1. The highest BCUT2D eigenvalue weighted by atomic mass is 32.1. The third kappa shape index (κ3) is 3.38. The van der Waals surface area contributed by atoms with Crippen LogP contribution in [-0.2, 0) is 4.79 Å². The number of hydrogen-bond acceptors (Lipinski definition) is 4. The predicted octanol–water partition coefficient (Wildman–Crippen LogP) is 3.33. The van der Waals surface area contributed by atoms with Gasteiger partial charge in [0.1, 0.15) is 5.75 Å². The molecule has 3 N–H and O–H groups in total. The average Bonchev–Trinajstić information content (AvgIpc) is 2.92. The van der Waals surface area contributed by atoms with Gasteiger partial charge >= 0.3 is 0 Å². The molecule has 0 aliphatic heterocycles. The SMILES string of the molecule is Cc1c(C(=O)Nc2ccc(OCC(N)=O)cc2)sc2ccccc12. The Bertz CT molecular complexity index is 900. The van der Waals surface area contributed by atoms with E-state index in [9.17, 15) is 9.59 Å². The lowest BCUT2D eigenvalue weighted by Gasteiger charge is -2.07. The number of carbonyl (C=O) groups is 2. The summed E-state index contributed by atoms with van der Waals surface area (Å²) in [5.41, 5.74) is 6.66. The topological polar surface area (TPSA) is 81.4 Å². The van der Waals surface area contributed by atoms with Crippen LogP contribution in [0.5, 0.6) is 5.75 Å². The molecule has 0 radical (unpaired) electrons. The Hall–Kier alpha value is -2.86. The molecule has 3 aromatic rings. The second-order valence-electron chi connectivity index (χ2n) is 5.29. The smallest absolute Gasteiger partial charge is 0.266 e. The van der Waals surface area contributed by atoms with Crippen molar-refractivity contribution in [2.45, 2.75) is 6.92 Å². The number of anilines is 1. The number of rotatable bonds is 5. The van der Waals surface area contributed by atoms with Crippen LogP contribution < -0.4 is 15.8 Å². The molecular formula is C18H16N2O3S. The first-order valence-electron chi connectivity index (χ1n) is 7.35. The third-order valence-corrected chi connectivity index (χ3v) is 4.81. The molecule has 0 saturated carbocycles. The number of fused-ring (bicyclic) bond motifs is 1. The van der Waals surface area contributed by atoms with Crippen LogP contribution in [0.15, 0.2) is 48.5 Å². The Balaban J connectivity index is 1.74. The number of benzene rings is 2. The van der Waals surface area contributed by atoms with E-state index >= 15 is 0 Å². The van der Waals surface area contributed by atoms with E-state index < -0.39 is 5.91 Å². The minimum absolute atomic E-state index is 0.139. The van der Waals surface area contributed by atoms with Crippen LogP contribution in [0.2, 0.25) is 0 Å². The fraction of sp³-hybridized carbons (Fsp3) is 0.111. The van der Waals surface area contributed by atoms with Gasteiger partial charge in [0.25, 0.3) is 11.8 Å². The first-order valence-corrected chi connectivity index (χ1v) is 8.17. The Labute approximate surface area is 143 Å². The largest absolute Gasteiger partial charge is 0.484 e. The van der Waals surface area contributed by atoms with Crippen molar-refractivity contribution >= 4 is 38.9 Å². The van der Waals surface area contributed by atoms with Gasteiger partial charge in [0.2, 0.25) is 0 Å². The number of hydrogen-bond donors (Lipinski definition) is 2. The van der Waals surface area contributed by atoms with Gasteiger partial charge in [0.15, 0.2) is 6.61 Å². The summed E-state index contributed by atoms with van der Waals surface area (Å²) >= 11 is 1.48. The molecule has 0 bridgehead atoms. The molecule has 24 heavy (non-hydrogen) atoms. The molecule has 122 valence electrons. The van der Waals surface area contributed by atoms with Gasteiger partial charge in [-0.05, 0) is 48.2 Å². The van der Waals surface area contributed by atoms with E-state index in [0.29, 0.717) is 16.3 Å². The molecule has 0 atom stereocenters. The average molecular weight is 340 g/mol. The molecule has 0 unspecified atom stereocenters. The lowest BCUT2D eigenvalue weighted by Crippen LogP contribution is -2.20. The van der Waals surface area contributed by atoms with E-state index in [0.717, 1.165) is 15.6 Å². The maximum atomic E-state index is 12.5. The summed E-state index contributed by atoms with van der Waals surface area (Å²) in [6, 6.07) is 14.7. The van der Waals surface area contributed by atoms with Crippen molar-refractivity contribution in [1.29, 1.82) is 0 Å². The molecule has 0 fully saturated rings. The van der Waals surface area contributed by atoms with E-state index in [1.165, 1.54) is 11.3 Å². The first-order chi connectivity index (χ1) is 11.5. The molecule has 5 nitrogen and oxygen atoms in total. The van der Waals surface area contributed by atoms with Gasteiger partial charge in [-0.15, -0.1) is 11.3 Å². The number of aryl methyl sites for hydroxylation is 1. The summed E-state index contributed by atoms with van der Waals surface area (Å²) in [7, 11) is 0. The maximum Gasteiger partial charge on any atom is 0.266 e. The Morgan fingerprint density at radius 2 is 1.83 bits per heavy atom. The third-order valence-electron chi connectivity index (χ3n) is 3.54. The molecule has 6 heteroatoms. The van der Waals surface area contributed by atoms with Crippen molar-refractivity contribution in [3.63, 3.8) is 0 Å². The minimum atomic E-state index is -0.535. The van der Waals surface area contributed by atoms with Crippen LogP contribution in [0, 0.1) is 6.92 Å². The summed E-state index contributed by atoms with van der Waals surface area (Å²) in [5.74, 6) is -0.156. The summed E-state index contributed by atoms with van der Waals surface area (Å²) in [6.07, 6.45) is 0. The number of nitrogens with two attached hydrogens (primary N) is 1.